The van der Waals surface area contributed by atoms with Crippen LogP contribution in [0.5, 0.6) is 0 Å². The summed E-state index contributed by atoms with van der Waals surface area (Å²) in [5.41, 5.74) is 9.82. The fourth-order valence-electron chi connectivity index (χ4n) is 2.86. The van der Waals surface area contributed by atoms with E-state index in [0.717, 1.165) is 54.6 Å². The number of nitrogens with zero attached hydrogens (tertiary/aromatic N) is 4. The zero-order valence-electron chi connectivity index (χ0n) is 12.7. The van der Waals surface area contributed by atoms with E-state index >= 15 is 0 Å². The van der Waals surface area contributed by atoms with Gasteiger partial charge in [0, 0.05) is 42.9 Å². The average molecular weight is 306 g/mol. The Hall–Kier alpha value is -2.73. The Morgan fingerprint density at radius 2 is 2.04 bits per heavy atom. The van der Waals surface area contributed by atoms with Gasteiger partial charge in [-0.05, 0) is 36.2 Å². The number of aromatic nitrogens is 4. The van der Waals surface area contributed by atoms with Crippen molar-refractivity contribution >= 4 is 5.69 Å². The summed E-state index contributed by atoms with van der Waals surface area (Å²) < 4.78 is 0. The molecular weight excluding hydrogens is 288 g/mol. The minimum Gasteiger partial charge on any atom is -0.399 e. The summed E-state index contributed by atoms with van der Waals surface area (Å²) in [5, 5.41) is 0. The van der Waals surface area contributed by atoms with Gasteiger partial charge in [-0.1, -0.05) is 0 Å². The van der Waals surface area contributed by atoms with E-state index in [-0.39, 0.29) is 0 Å². The normalized spacial score (nSPS) is 14.6. The first-order valence-corrected chi connectivity index (χ1v) is 7.69. The highest BCUT2D eigenvalue weighted by molar-refractivity contribution is 5.58. The number of aromatic amines is 1. The lowest BCUT2D eigenvalue weighted by Gasteiger charge is -2.27. The van der Waals surface area contributed by atoms with Crippen molar-refractivity contribution in [1.82, 2.24) is 24.8 Å². The summed E-state index contributed by atoms with van der Waals surface area (Å²) in [4.78, 5) is 19.1. The second-order valence-electron chi connectivity index (χ2n) is 5.78. The molecule has 4 rings (SSSR count). The lowest BCUT2D eigenvalue weighted by atomic mass is 10.1. The molecule has 0 saturated heterocycles. The molecule has 116 valence electrons. The van der Waals surface area contributed by atoms with Crippen molar-refractivity contribution in [3.63, 3.8) is 0 Å². The van der Waals surface area contributed by atoms with Crippen LogP contribution in [0.4, 0.5) is 5.69 Å². The van der Waals surface area contributed by atoms with Crippen LogP contribution in [-0.4, -0.2) is 31.4 Å². The molecule has 0 fully saturated rings. The van der Waals surface area contributed by atoms with Gasteiger partial charge >= 0.3 is 0 Å². The van der Waals surface area contributed by atoms with Crippen LogP contribution in [0.25, 0.3) is 11.4 Å². The fourth-order valence-corrected chi connectivity index (χ4v) is 2.86. The van der Waals surface area contributed by atoms with Crippen LogP contribution >= 0.6 is 0 Å². The molecule has 0 amide bonds. The zero-order chi connectivity index (χ0) is 15.6. The summed E-state index contributed by atoms with van der Waals surface area (Å²) >= 11 is 0. The van der Waals surface area contributed by atoms with Gasteiger partial charge in [0.1, 0.15) is 5.82 Å². The van der Waals surface area contributed by atoms with Crippen molar-refractivity contribution < 1.29 is 0 Å². The molecule has 0 radical (unpaired) electrons. The number of anilines is 1. The van der Waals surface area contributed by atoms with Gasteiger partial charge < -0.3 is 10.7 Å². The standard InChI is InChI=1S/C17H18N6/c18-14-3-1-12(2-4-14)17-21-9-13-5-8-23(10-15(13)22-17)11-16-19-6-7-20-16/h1-4,6-7,9H,5,8,10-11,18H2,(H,19,20). The Labute approximate surface area is 134 Å². The minimum absolute atomic E-state index is 0.747. The summed E-state index contributed by atoms with van der Waals surface area (Å²) in [6.45, 7) is 2.63. The SMILES string of the molecule is Nc1ccc(-c2ncc3c(n2)CN(Cc2ncc[nH]2)CC3)cc1. The van der Waals surface area contributed by atoms with Crippen molar-refractivity contribution in [3.05, 3.63) is 59.9 Å². The Morgan fingerprint density at radius 3 is 2.83 bits per heavy atom. The molecule has 0 atom stereocenters. The predicted molar refractivity (Wildman–Crippen MR) is 88.3 cm³/mol. The second-order valence-corrected chi connectivity index (χ2v) is 5.78. The topological polar surface area (TPSA) is 83.7 Å². The van der Waals surface area contributed by atoms with Crippen molar-refractivity contribution in [1.29, 1.82) is 0 Å². The Bertz CT molecular complexity index is 794. The zero-order valence-corrected chi connectivity index (χ0v) is 12.7. The Kier molecular flexibility index (Phi) is 3.51. The molecule has 23 heavy (non-hydrogen) atoms. The van der Waals surface area contributed by atoms with E-state index in [2.05, 4.69) is 19.9 Å². The van der Waals surface area contributed by atoms with Gasteiger partial charge in [0.15, 0.2) is 5.82 Å². The number of fused-ring (bicyclic) bond motifs is 1. The summed E-state index contributed by atoms with van der Waals surface area (Å²) in [6, 6.07) is 7.67. The first kappa shape index (κ1) is 13.9. The van der Waals surface area contributed by atoms with Crippen LogP contribution in [0.1, 0.15) is 17.1 Å². The van der Waals surface area contributed by atoms with E-state index in [1.807, 2.05) is 36.7 Å². The smallest absolute Gasteiger partial charge is 0.159 e. The van der Waals surface area contributed by atoms with Crippen LogP contribution in [0.2, 0.25) is 0 Å². The average Bonchev–Trinajstić information content (AvgIpc) is 3.08. The highest BCUT2D eigenvalue weighted by Gasteiger charge is 2.19. The van der Waals surface area contributed by atoms with Crippen molar-refractivity contribution in [2.24, 2.45) is 0 Å². The molecule has 1 aliphatic heterocycles. The van der Waals surface area contributed by atoms with E-state index in [0.29, 0.717) is 0 Å². The van der Waals surface area contributed by atoms with Crippen molar-refractivity contribution in [2.75, 3.05) is 12.3 Å². The fraction of sp³-hybridized carbons (Fsp3) is 0.235. The quantitative estimate of drug-likeness (QED) is 0.723. The molecule has 3 N–H and O–H groups in total. The first-order chi connectivity index (χ1) is 11.3. The number of benzene rings is 1. The number of nitrogen functional groups attached to an aromatic ring is 1. The number of hydrogen-bond donors (Lipinski definition) is 2. The number of hydrogen-bond acceptors (Lipinski definition) is 5. The van der Waals surface area contributed by atoms with E-state index in [1.165, 1.54) is 5.56 Å². The Morgan fingerprint density at radius 1 is 1.17 bits per heavy atom. The third-order valence-corrected chi connectivity index (χ3v) is 4.12. The molecule has 0 saturated carbocycles. The second kappa shape index (κ2) is 5.81. The van der Waals surface area contributed by atoms with Crippen LogP contribution in [-0.2, 0) is 19.5 Å². The van der Waals surface area contributed by atoms with Gasteiger partial charge in [-0.25, -0.2) is 15.0 Å². The molecule has 3 aromatic rings. The maximum Gasteiger partial charge on any atom is 0.159 e. The van der Waals surface area contributed by atoms with Gasteiger partial charge in [0.2, 0.25) is 0 Å². The summed E-state index contributed by atoms with van der Waals surface area (Å²) in [6.07, 6.45) is 6.57. The number of H-pyrrole nitrogens is 1. The molecule has 3 heterocycles. The monoisotopic (exact) mass is 306 g/mol. The molecule has 0 bridgehead atoms. The largest absolute Gasteiger partial charge is 0.399 e. The minimum atomic E-state index is 0.747. The van der Waals surface area contributed by atoms with E-state index in [9.17, 15) is 0 Å². The van der Waals surface area contributed by atoms with E-state index in [4.69, 9.17) is 10.7 Å². The first-order valence-electron chi connectivity index (χ1n) is 7.69. The predicted octanol–water partition coefficient (Wildman–Crippen LogP) is 2.01. The van der Waals surface area contributed by atoms with E-state index in [1.54, 1.807) is 6.20 Å². The molecule has 2 aromatic heterocycles. The lowest BCUT2D eigenvalue weighted by Crippen LogP contribution is -2.31. The molecule has 1 aliphatic rings. The third kappa shape index (κ3) is 2.93. The molecule has 6 nitrogen and oxygen atoms in total. The van der Waals surface area contributed by atoms with Crippen LogP contribution in [0, 0.1) is 0 Å². The highest BCUT2D eigenvalue weighted by Crippen LogP contribution is 2.22. The van der Waals surface area contributed by atoms with E-state index < -0.39 is 0 Å². The van der Waals surface area contributed by atoms with Gasteiger partial charge in [-0.2, -0.15) is 0 Å². The van der Waals surface area contributed by atoms with Gasteiger partial charge in [-0.15, -0.1) is 0 Å². The number of nitrogens with two attached hydrogens (primary N) is 1. The molecular formula is C17H18N6. The maximum atomic E-state index is 5.74. The Balaban J connectivity index is 1.57. The number of rotatable bonds is 3. The highest BCUT2D eigenvalue weighted by atomic mass is 15.2. The van der Waals surface area contributed by atoms with Crippen LogP contribution in [0.3, 0.4) is 0 Å². The lowest BCUT2D eigenvalue weighted by molar-refractivity contribution is 0.236. The van der Waals surface area contributed by atoms with Gasteiger partial charge in [0.25, 0.3) is 0 Å². The number of nitrogens with one attached hydrogen (secondary N) is 1. The third-order valence-electron chi connectivity index (χ3n) is 4.12. The molecule has 1 aromatic carbocycles. The van der Waals surface area contributed by atoms with Crippen molar-refractivity contribution in [2.45, 2.75) is 19.5 Å². The maximum absolute atomic E-state index is 5.74. The van der Waals surface area contributed by atoms with Crippen molar-refractivity contribution in [3.8, 4) is 11.4 Å². The van der Waals surface area contributed by atoms with Gasteiger partial charge in [-0.3, -0.25) is 4.90 Å². The van der Waals surface area contributed by atoms with Gasteiger partial charge in [0.05, 0.1) is 12.2 Å². The van der Waals surface area contributed by atoms with Crippen LogP contribution < -0.4 is 5.73 Å². The summed E-state index contributed by atoms with van der Waals surface area (Å²) in [5.74, 6) is 1.74. The molecule has 0 unspecified atom stereocenters. The molecule has 0 aliphatic carbocycles. The molecule has 0 spiro atoms. The number of imidazole rings is 1. The van der Waals surface area contributed by atoms with Crippen LogP contribution in [0.15, 0.2) is 42.9 Å². The summed E-state index contributed by atoms with van der Waals surface area (Å²) in [7, 11) is 0. The molecule has 6 heteroatoms.